The van der Waals surface area contributed by atoms with Crippen LogP contribution in [0.25, 0.3) is 16.6 Å². The maximum absolute atomic E-state index is 11.0. The van der Waals surface area contributed by atoms with Crippen LogP contribution in [-0.4, -0.2) is 15.6 Å². The predicted molar refractivity (Wildman–Crippen MR) is 71.6 cm³/mol. The van der Waals surface area contributed by atoms with Crippen molar-refractivity contribution < 1.29 is 9.90 Å². The van der Waals surface area contributed by atoms with E-state index in [1.54, 1.807) is 12.1 Å². The first kappa shape index (κ1) is 11.1. The number of allylic oxidation sites excluding steroid dienone is 2. The van der Waals surface area contributed by atoms with Crippen LogP contribution in [-0.2, 0) is 0 Å². The average Bonchev–Trinajstić information content (AvgIpc) is 2.82. The second kappa shape index (κ2) is 4.33. The highest BCUT2D eigenvalue weighted by Crippen LogP contribution is 2.27. The zero-order valence-corrected chi connectivity index (χ0v) is 10.1. The number of hydrogen-bond acceptors (Lipinski definition) is 1. The van der Waals surface area contributed by atoms with Crippen LogP contribution in [0, 0.1) is 0 Å². The summed E-state index contributed by atoms with van der Waals surface area (Å²) in [5, 5.41) is 10.1. The number of rotatable bonds is 2. The number of carboxylic acid groups (broad SMARTS) is 1. The van der Waals surface area contributed by atoms with Gasteiger partial charge in [0.25, 0.3) is 0 Å². The van der Waals surface area contributed by atoms with Gasteiger partial charge in [0.05, 0.1) is 11.1 Å². The quantitative estimate of drug-likeness (QED) is 0.869. The molecule has 3 heteroatoms. The molecule has 0 spiro atoms. The van der Waals surface area contributed by atoms with Crippen molar-refractivity contribution in [2.45, 2.75) is 25.7 Å². The Hall–Kier alpha value is -2.03. The van der Waals surface area contributed by atoms with Crippen LogP contribution in [0.1, 0.15) is 36.0 Å². The predicted octanol–water partition coefficient (Wildman–Crippen LogP) is 3.75. The van der Waals surface area contributed by atoms with Crippen LogP contribution >= 0.6 is 0 Å². The SMILES string of the molecule is O=C(O)c1ccc2ccn(C3=CCCCC3)c2c1. The van der Waals surface area contributed by atoms with Crippen LogP contribution in [0.5, 0.6) is 0 Å². The molecule has 0 aliphatic heterocycles. The molecule has 0 unspecified atom stereocenters. The summed E-state index contributed by atoms with van der Waals surface area (Å²) in [6, 6.07) is 7.33. The number of aromatic carboxylic acids is 1. The Morgan fingerprint density at radius 3 is 2.83 bits per heavy atom. The number of carbonyl (C=O) groups is 1. The highest BCUT2D eigenvalue weighted by atomic mass is 16.4. The van der Waals surface area contributed by atoms with E-state index in [2.05, 4.69) is 10.6 Å². The van der Waals surface area contributed by atoms with Crippen LogP contribution in [0.15, 0.2) is 36.5 Å². The highest BCUT2D eigenvalue weighted by molar-refractivity contribution is 5.94. The molecule has 92 valence electrons. The molecule has 0 fully saturated rings. The zero-order valence-electron chi connectivity index (χ0n) is 10.1. The lowest BCUT2D eigenvalue weighted by atomic mass is 10.0. The molecule has 0 bridgehead atoms. The molecule has 3 nitrogen and oxygen atoms in total. The zero-order chi connectivity index (χ0) is 12.5. The van der Waals surface area contributed by atoms with Gasteiger partial charge in [-0.05, 0) is 49.3 Å². The first-order chi connectivity index (χ1) is 8.75. The van der Waals surface area contributed by atoms with Crippen LogP contribution in [0.3, 0.4) is 0 Å². The Balaban J connectivity index is 2.14. The third-order valence-electron chi connectivity index (χ3n) is 3.52. The van der Waals surface area contributed by atoms with Gasteiger partial charge in [-0.15, -0.1) is 0 Å². The molecule has 0 saturated heterocycles. The fourth-order valence-electron chi connectivity index (χ4n) is 2.55. The van der Waals surface area contributed by atoms with E-state index in [0.29, 0.717) is 5.56 Å². The lowest BCUT2D eigenvalue weighted by Gasteiger charge is -2.15. The first-order valence-electron chi connectivity index (χ1n) is 6.29. The summed E-state index contributed by atoms with van der Waals surface area (Å²) in [6.45, 7) is 0. The number of aromatic nitrogens is 1. The van der Waals surface area contributed by atoms with Crippen molar-refractivity contribution in [3.8, 4) is 0 Å². The van der Waals surface area contributed by atoms with Crippen molar-refractivity contribution in [1.82, 2.24) is 4.57 Å². The minimum absolute atomic E-state index is 0.346. The second-order valence-corrected chi connectivity index (χ2v) is 4.71. The Kier molecular flexibility index (Phi) is 2.67. The molecule has 1 aliphatic rings. The fraction of sp³-hybridized carbons (Fsp3) is 0.267. The standard InChI is InChI=1S/C15H15NO2/c17-15(18)12-7-6-11-8-9-16(14(11)10-12)13-4-2-1-3-5-13/h4,6-10H,1-3,5H2,(H,17,18). The molecule has 1 aromatic heterocycles. The van der Waals surface area contributed by atoms with E-state index in [1.165, 1.54) is 18.5 Å². The largest absolute Gasteiger partial charge is 0.478 e. The average molecular weight is 241 g/mol. The van der Waals surface area contributed by atoms with Gasteiger partial charge in [0.1, 0.15) is 0 Å². The summed E-state index contributed by atoms with van der Waals surface area (Å²) in [6.07, 6.45) is 8.95. The van der Waals surface area contributed by atoms with Crippen molar-refractivity contribution in [3.63, 3.8) is 0 Å². The number of carboxylic acids is 1. The van der Waals surface area contributed by atoms with E-state index in [9.17, 15) is 4.79 Å². The van der Waals surface area contributed by atoms with Gasteiger partial charge in [-0.25, -0.2) is 4.79 Å². The molecule has 0 saturated carbocycles. The molecule has 0 amide bonds. The van der Waals surface area contributed by atoms with Crippen molar-refractivity contribution >= 4 is 22.6 Å². The number of hydrogen-bond donors (Lipinski definition) is 1. The first-order valence-corrected chi connectivity index (χ1v) is 6.29. The summed E-state index contributed by atoms with van der Waals surface area (Å²) in [7, 11) is 0. The van der Waals surface area contributed by atoms with Gasteiger partial charge in [0, 0.05) is 11.9 Å². The lowest BCUT2D eigenvalue weighted by Crippen LogP contribution is -2.01. The molecule has 0 atom stereocenters. The topological polar surface area (TPSA) is 42.2 Å². The highest BCUT2D eigenvalue weighted by Gasteiger charge is 2.11. The van der Waals surface area contributed by atoms with E-state index in [4.69, 9.17) is 5.11 Å². The number of benzene rings is 1. The molecule has 18 heavy (non-hydrogen) atoms. The minimum atomic E-state index is -0.873. The molecule has 0 radical (unpaired) electrons. The molecule has 1 N–H and O–H groups in total. The van der Waals surface area contributed by atoms with Gasteiger partial charge in [-0.2, -0.15) is 0 Å². The third kappa shape index (κ3) is 1.82. The van der Waals surface area contributed by atoms with E-state index in [1.807, 2.05) is 18.3 Å². The Morgan fingerprint density at radius 1 is 1.22 bits per heavy atom. The summed E-state index contributed by atoms with van der Waals surface area (Å²) in [5.41, 5.74) is 2.63. The van der Waals surface area contributed by atoms with Crippen molar-refractivity contribution in [3.05, 3.63) is 42.1 Å². The third-order valence-corrected chi connectivity index (χ3v) is 3.52. The molecule has 3 rings (SSSR count). The molecule has 1 heterocycles. The van der Waals surface area contributed by atoms with Crippen LogP contribution < -0.4 is 0 Å². The summed E-state index contributed by atoms with van der Waals surface area (Å²) in [5.74, 6) is -0.873. The minimum Gasteiger partial charge on any atom is -0.478 e. The van der Waals surface area contributed by atoms with Gasteiger partial charge >= 0.3 is 5.97 Å². The Morgan fingerprint density at radius 2 is 2.11 bits per heavy atom. The summed E-state index contributed by atoms with van der Waals surface area (Å²) < 4.78 is 2.13. The van der Waals surface area contributed by atoms with Crippen molar-refractivity contribution in [2.24, 2.45) is 0 Å². The summed E-state index contributed by atoms with van der Waals surface area (Å²) in [4.78, 5) is 11.0. The molecular weight excluding hydrogens is 226 g/mol. The van der Waals surface area contributed by atoms with Crippen LogP contribution in [0.4, 0.5) is 0 Å². The van der Waals surface area contributed by atoms with Gasteiger partial charge < -0.3 is 9.67 Å². The van der Waals surface area contributed by atoms with Crippen LogP contribution in [0.2, 0.25) is 0 Å². The van der Waals surface area contributed by atoms with Gasteiger partial charge in [-0.1, -0.05) is 12.1 Å². The van der Waals surface area contributed by atoms with E-state index >= 15 is 0 Å². The smallest absolute Gasteiger partial charge is 0.335 e. The maximum atomic E-state index is 11.0. The van der Waals surface area contributed by atoms with Gasteiger partial charge in [0.15, 0.2) is 0 Å². The van der Waals surface area contributed by atoms with E-state index in [0.717, 1.165) is 23.7 Å². The molecule has 1 aliphatic carbocycles. The number of nitrogens with zero attached hydrogens (tertiary/aromatic N) is 1. The number of fused-ring (bicyclic) bond motifs is 1. The second-order valence-electron chi connectivity index (χ2n) is 4.71. The van der Waals surface area contributed by atoms with E-state index < -0.39 is 5.97 Å². The van der Waals surface area contributed by atoms with Gasteiger partial charge in [0.2, 0.25) is 0 Å². The Bertz CT molecular complexity index is 637. The van der Waals surface area contributed by atoms with Crippen molar-refractivity contribution in [1.29, 1.82) is 0 Å². The molecular formula is C15H15NO2. The molecule has 1 aromatic carbocycles. The maximum Gasteiger partial charge on any atom is 0.335 e. The van der Waals surface area contributed by atoms with E-state index in [-0.39, 0.29) is 0 Å². The lowest BCUT2D eigenvalue weighted by molar-refractivity contribution is 0.0697. The monoisotopic (exact) mass is 241 g/mol. The molecule has 2 aromatic rings. The van der Waals surface area contributed by atoms with Gasteiger partial charge in [-0.3, -0.25) is 0 Å². The van der Waals surface area contributed by atoms with Crippen molar-refractivity contribution in [2.75, 3.05) is 0 Å². The Labute approximate surface area is 105 Å². The fourth-order valence-corrected chi connectivity index (χ4v) is 2.55. The summed E-state index contributed by atoms with van der Waals surface area (Å²) >= 11 is 0. The normalized spacial score (nSPS) is 15.7.